The molecule has 0 atom stereocenters. The Labute approximate surface area is 163 Å². The second-order valence-electron chi connectivity index (χ2n) is 5.95. The van der Waals surface area contributed by atoms with Crippen LogP contribution >= 0.6 is 0 Å². The molecule has 0 fully saturated rings. The van der Waals surface area contributed by atoms with E-state index >= 15 is 0 Å². The molecule has 0 saturated heterocycles. The third-order valence-corrected chi connectivity index (χ3v) is 5.01. The van der Waals surface area contributed by atoms with Gasteiger partial charge in [0.25, 0.3) is 5.69 Å². The highest BCUT2D eigenvalue weighted by Gasteiger charge is 2.25. The van der Waals surface area contributed by atoms with Gasteiger partial charge in [-0.15, -0.1) is 0 Å². The quantitative estimate of drug-likeness (QED) is 0.531. The molecule has 1 N–H and O–H groups in total. The molecule has 9 nitrogen and oxygen atoms in total. The minimum atomic E-state index is -3.85. The number of nitro groups is 1. The molecule has 0 bridgehead atoms. The van der Waals surface area contributed by atoms with Gasteiger partial charge in [-0.05, 0) is 44.2 Å². The van der Waals surface area contributed by atoms with Crippen LogP contribution in [0.4, 0.5) is 17.1 Å². The number of benzene rings is 2. The summed E-state index contributed by atoms with van der Waals surface area (Å²) in [5, 5.41) is 13.7. The van der Waals surface area contributed by atoms with Gasteiger partial charge in [-0.25, -0.2) is 8.42 Å². The normalized spacial score (nSPS) is 11.0. The first-order chi connectivity index (χ1) is 13.1. The Balaban J connectivity index is 2.25. The van der Waals surface area contributed by atoms with Gasteiger partial charge < -0.3 is 10.1 Å². The van der Waals surface area contributed by atoms with Gasteiger partial charge in [-0.3, -0.25) is 19.2 Å². The van der Waals surface area contributed by atoms with Crippen molar-refractivity contribution >= 4 is 33.0 Å². The first-order valence-corrected chi connectivity index (χ1v) is 10.2. The zero-order valence-electron chi connectivity index (χ0n) is 15.7. The van der Waals surface area contributed by atoms with Gasteiger partial charge in [0.15, 0.2) is 0 Å². The van der Waals surface area contributed by atoms with Crippen LogP contribution in [0, 0.1) is 17.0 Å². The van der Waals surface area contributed by atoms with Crippen LogP contribution in [0.1, 0.15) is 12.5 Å². The standard InChI is InChI=1S/C18H21N3O6S/c1-4-27-15-10-8-14(9-11-15)19-18(22)12-20(28(3,25)26)16-6-5-7-17(13(16)2)21(23)24/h5-11H,4,12H2,1-3H3,(H,19,22). The lowest BCUT2D eigenvalue weighted by Crippen LogP contribution is -2.37. The number of anilines is 2. The Morgan fingerprint density at radius 3 is 2.39 bits per heavy atom. The lowest BCUT2D eigenvalue weighted by molar-refractivity contribution is -0.385. The summed E-state index contributed by atoms with van der Waals surface area (Å²) in [4.78, 5) is 22.9. The molecule has 0 saturated carbocycles. The number of rotatable bonds is 8. The summed E-state index contributed by atoms with van der Waals surface area (Å²) in [6.07, 6.45) is 0.940. The lowest BCUT2D eigenvalue weighted by atomic mass is 10.1. The van der Waals surface area contributed by atoms with Crippen molar-refractivity contribution in [2.75, 3.05) is 29.0 Å². The topological polar surface area (TPSA) is 119 Å². The van der Waals surface area contributed by atoms with Gasteiger partial charge in [-0.2, -0.15) is 0 Å². The van der Waals surface area contributed by atoms with Gasteiger partial charge in [-0.1, -0.05) is 6.07 Å². The number of ether oxygens (including phenoxy) is 1. The molecule has 0 heterocycles. The number of amides is 1. The largest absolute Gasteiger partial charge is 0.494 e. The highest BCUT2D eigenvalue weighted by molar-refractivity contribution is 7.92. The van der Waals surface area contributed by atoms with E-state index in [1.54, 1.807) is 24.3 Å². The Hall–Kier alpha value is -3.14. The Bertz CT molecular complexity index is 973. The molecular formula is C18H21N3O6S. The molecule has 2 aromatic carbocycles. The number of nitrogens with one attached hydrogen (secondary N) is 1. The average Bonchev–Trinajstić information content (AvgIpc) is 2.61. The summed E-state index contributed by atoms with van der Waals surface area (Å²) >= 11 is 0. The second kappa shape index (κ2) is 8.70. The monoisotopic (exact) mass is 407 g/mol. The van der Waals surface area contributed by atoms with Gasteiger partial charge in [0.1, 0.15) is 12.3 Å². The summed E-state index contributed by atoms with van der Waals surface area (Å²) in [6, 6.07) is 10.7. The molecule has 0 unspecified atom stereocenters. The molecule has 10 heteroatoms. The van der Waals surface area contributed by atoms with Crippen molar-refractivity contribution in [3.63, 3.8) is 0 Å². The van der Waals surface area contributed by atoms with Crippen molar-refractivity contribution in [2.45, 2.75) is 13.8 Å². The fourth-order valence-corrected chi connectivity index (χ4v) is 3.50. The van der Waals surface area contributed by atoms with Gasteiger partial charge in [0, 0.05) is 11.8 Å². The molecule has 28 heavy (non-hydrogen) atoms. The molecule has 2 rings (SSSR count). The maximum atomic E-state index is 12.4. The van der Waals surface area contributed by atoms with Crippen molar-refractivity contribution < 1.29 is 22.9 Å². The summed E-state index contributed by atoms with van der Waals surface area (Å²) in [7, 11) is -3.85. The van der Waals surface area contributed by atoms with E-state index in [1.165, 1.54) is 25.1 Å². The number of hydrogen-bond acceptors (Lipinski definition) is 6. The number of hydrogen-bond donors (Lipinski definition) is 1. The van der Waals surface area contributed by atoms with E-state index in [0.717, 1.165) is 10.6 Å². The van der Waals surface area contributed by atoms with Crippen LogP contribution in [0.5, 0.6) is 5.75 Å². The highest BCUT2D eigenvalue weighted by atomic mass is 32.2. The van der Waals surface area contributed by atoms with E-state index < -0.39 is 27.4 Å². The van der Waals surface area contributed by atoms with E-state index in [4.69, 9.17) is 4.74 Å². The molecule has 0 radical (unpaired) electrons. The van der Waals surface area contributed by atoms with Crippen molar-refractivity contribution in [3.05, 3.63) is 58.1 Å². The van der Waals surface area contributed by atoms with Crippen LogP contribution in [-0.4, -0.2) is 38.7 Å². The van der Waals surface area contributed by atoms with Gasteiger partial charge >= 0.3 is 0 Å². The van der Waals surface area contributed by atoms with Crippen molar-refractivity contribution in [3.8, 4) is 5.75 Å². The molecule has 0 aliphatic carbocycles. The molecule has 0 aliphatic heterocycles. The first kappa shape index (κ1) is 21.2. The average molecular weight is 407 g/mol. The summed E-state index contributed by atoms with van der Waals surface area (Å²) in [5.74, 6) is 0.0611. The van der Waals surface area contributed by atoms with E-state index in [0.29, 0.717) is 18.0 Å². The molecule has 0 aliphatic rings. The maximum Gasteiger partial charge on any atom is 0.274 e. The number of sulfonamides is 1. The number of nitrogens with zero attached hydrogens (tertiary/aromatic N) is 2. The third kappa shape index (κ3) is 5.19. The Morgan fingerprint density at radius 2 is 1.86 bits per heavy atom. The summed E-state index contributed by atoms with van der Waals surface area (Å²) in [5.41, 5.74) is 0.487. The van der Waals surface area contributed by atoms with Crippen LogP contribution in [0.25, 0.3) is 0 Å². The van der Waals surface area contributed by atoms with Crippen LogP contribution in [0.15, 0.2) is 42.5 Å². The van der Waals surface area contributed by atoms with E-state index in [9.17, 15) is 23.3 Å². The van der Waals surface area contributed by atoms with Gasteiger partial charge in [0.2, 0.25) is 15.9 Å². The van der Waals surface area contributed by atoms with Crippen LogP contribution in [0.2, 0.25) is 0 Å². The summed E-state index contributed by atoms with van der Waals surface area (Å²) in [6.45, 7) is 3.28. The summed E-state index contributed by atoms with van der Waals surface area (Å²) < 4.78 is 30.6. The first-order valence-electron chi connectivity index (χ1n) is 8.38. The maximum absolute atomic E-state index is 12.4. The predicted molar refractivity (Wildman–Crippen MR) is 106 cm³/mol. The third-order valence-electron chi connectivity index (χ3n) is 3.88. The molecule has 1 amide bonds. The zero-order valence-corrected chi connectivity index (χ0v) is 16.5. The fraction of sp³-hybridized carbons (Fsp3) is 0.278. The van der Waals surface area contributed by atoms with Crippen LogP contribution in [-0.2, 0) is 14.8 Å². The lowest BCUT2D eigenvalue weighted by Gasteiger charge is -2.23. The van der Waals surface area contributed by atoms with Crippen LogP contribution in [0.3, 0.4) is 0 Å². The minimum Gasteiger partial charge on any atom is -0.494 e. The number of carbonyl (C=O) groups is 1. The van der Waals surface area contributed by atoms with E-state index in [1.807, 2.05) is 6.92 Å². The van der Waals surface area contributed by atoms with Crippen molar-refractivity contribution in [1.82, 2.24) is 0 Å². The number of carbonyl (C=O) groups excluding carboxylic acids is 1. The molecule has 0 spiro atoms. The second-order valence-corrected chi connectivity index (χ2v) is 7.86. The molecule has 150 valence electrons. The fourth-order valence-electron chi connectivity index (χ4n) is 2.59. The Kier molecular flexibility index (Phi) is 6.57. The minimum absolute atomic E-state index is 0.0820. The van der Waals surface area contributed by atoms with Crippen molar-refractivity contribution in [1.29, 1.82) is 0 Å². The molecule has 0 aromatic heterocycles. The van der Waals surface area contributed by atoms with Crippen molar-refractivity contribution in [2.24, 2.45) is 0 Å². The molecular weight excluding hydrogens is 386 g/mol. The highest BCUT2D eigenvalue weighted by Crippen LogP contribution is 2.29. The zero-order chi connectivity index (χ0) is 20.9. The van der Waals surface area contributed by atoms with E-state index in [2.05, 4.69) is 5.32 Å². The predicted octanol–water partition coefficient (Wildman–Crippen LogP) is 2.71. The van der Waals surface area contributed by atoms with Gasteiger partial charge in [0.05, 0.1) is 29.0 Å². The smallest absolute Gasteiger partial charge is 0.274 e. The Morgan fingerprint density at radius 1 is 1.21 bits per heavy atom. The number of nitro benzene ring substituents is 1. The molecule has 2 aromatic rings. The van der Waals surface area contributed by atoms with E-state index in [-0.39, 0.29) is 16.9 Å². The SMILES string of the molecule is CCOc1ccc(NC(=O)CN(c2cccc([N+](=O)[O-])c2C)S(C)(=O)=O)cc1. The van der Waals surface area contributed by atoms with Crippen LogP contribution < -0.4 is 14.4 Å².